The van der Waals surface area contributed by atoms with E-state index in [0.717, 1.165) is 53.6 Å². The highest BCUT2D eigenvalue weighted by Gasteiger charge is 2.56. The van der Waals surface area contributed by atoms with Crippen molar-refractivity contribution in [2.45, 2.75) is 244 Å². The minimum absolute atomic E-state index is 0.120. The van der Waals surface area contributed by atoms with Crippen LogP contribution in [-0.2, 0) is 45.5 Å². The van der Waals surface area contributed by atoms with Crippen molar-refractivity contribution in [2.75, 3.05) is 20.8 Å². The Bertz CT molecular complexity index is 1780. The number of aliphatic hydroxyl groups excluding tert-OH is 1. The second-order valence-corrected chi connectivity index (χ2v) is 38.2. The largest absolute Gasteiger partial charge is 0.497 e. The van der Waals surface area contributed by atoms with Gasteiger partial charge in [-0.3, -0.25) is 4.79 Å². The van der Waals surface area contributed by atoms with E-state index < -0.39 is 61.6 Å². The molecule has 10 nitrogen and oxygen atoms in total. The van der Waals surface area contributed by atoms with E-state index in [0.29, 0.717) is 23.2 Å². The van der Waals surface area contributed by atoms with Crippen molar-refractivity contribution in [3.8, 4) is 11.5 Å². The van der Waals surface area contributed by atoms with E-state index in [1.807, 2.05) is 61.5 Å². The summed E-state index contributed by atoms with van der Waals surface area (Å²) in [7, 11) is -3.78. The lowest BCUT2D eigenvalue weighted by atomic mass is 9.82. The van der Waals surface area contributed by atoms with Gasteiger partial charge in [-0.1, -0.05) is 148 Å². The molecule has 0 radical (unpaired) electrons. The van der Waals surface area contributed by atoms with Crippen LogP contribution in [0, 0.1) is 11.8 Å². The monoisotopic (exact) mass is 1040 g/mol. The van der Waals surface area contributed by atoms with Crippen molar-refractivity contribution in [2.24, 2.45) is 11.8 Å². The van der Waals surface area contributed by atoms with Gasteiger partial charge in [0.15, 0.2) is 22.4 Å². The molecule has 9 atom stereocenters. The molecule has 3 rings (SSSR count). The molecule has 0 saturated carbocycles. The first-order valence-corrected chi connectivity index (χ1v) is 34.3. The Labute approximate surface area is 436 Å². The summed E-state index contributed by atoms with van der Waals surface area (Å²) < 4.78 is 55.1. The topological polar surface area (TPSA) is 111 Å². The summed E-state index contributed by atoms with van der Waals surface area (Å²) in [6, 6.07) is 18.7. The molecule has 1 fully saturated rings. The molecular formula is C58H102O10Si3. The maximum Gasteiger partial charge on any atom is 0.200 e. The molecular weight excluding hydrogens is 941 g/mol. The molecule has 2 aromatic carbocycles. The number of allylic oxidation sites excluding steroid dienone is 1. The van der Waals surface area contributed by atoms with Crippen molar-refractivity contribution in [1.29, 1.82) is 0 Å². The number of hydrogen-bond acceptors (Lipinski definition) is 10. The van der Waals surface area contributed by atoms with Crippen LogP contribution in [0.1, 0.15) is 148 Å². The van der Waals surface area contributed by atoms with Gasteiger partial charge in [0.25, 0.3) is 0 Å². The van der Waals surface area contributed by atoms with E-state index in [4.69, 9.17) is 37.0 Å². The van der Waals surface area contributed by atoms with Gasteiger partial charge in [0.1, 0.15) is 29.8 Å². The fourth-order valence-electron chi connectivity index (χ4n) is 12.3. The summed E-state index contributed by atoms with van der Waals surface area (Å²) in [6.45, 7) is 43.2. The molecule has 13 heteroatoms. The minimum atomic E-state index is -2.61. The Hall–Kier alpha value is -2.18. The van der Waals surface area contributed by atoms with E-state index in [1.165, 1.54) is 0 Å². The maximum absolute atomic E-state index is 15.4. The van der Waals surface area contributed by atoms with E-state index in [2.05, 4.69) is 117 Å². The van der Waals surface area contributed by atoms with Crippen LogP contribution < -0.4 is 9.47 Å². The predicted octanol–water partition coefficient (Wildman–Crippen LogP) is 14.6. The van der Waals surface area contributed by atoms with Gasteiger partial charge >= 0.3 is 0 Å². The van der Waals surface area contributed by atoms with Gasteiger partial charge in [-0.2, -0.15) is 0 Å². The van der Waals surface area contributed by atoms with Crippen LogP contribution in [0.25, 0.3) is 0 Å². The Morgan fingerprint density at radius 1 is 0.704 bits per heavy atom. The number of aliphatic hydroxyl groups is 1. The lowest BCUT2D eigenvalue weighted by molar-refractivity contribution is -0.242. The molecule has 1 saturated heterocycles. The van der Waals surface area contributed by atoms with Crippen LogP contribution in [-0.4, -0.2) is 99.4 Å². The third-order valence-electron chi connectivity index (χ3n) is 16.7. The first kappa shape index (κ1) is 63.1. The molecule has 2 aromatic rings. The fourth-order valence-corrected chi connectivity index (χ4v) is 26.4. The number of hydrogen-bond donors (Lipinski definition) is 1. The minimum Gasteiger partial charge on any atom is -0.497 e. The summed E-state index contributed by atoms with van der Waals surface area (Å²) in [4.78, 5) is 15.4. The number of ether oxygens (including phenoxy) is 5. The lowest BCUT2D eigenvalue weighted by Crippen LogP contribution is -2.65. The summed E-state index contributed by atoms with van der Waals surface area (Å²) in [6.07, 6.45) is -1.38. The molecule has 0 aromatic heterocycles. The highest BCUT2D eigenvalue weighted by molar-refractivity contribution is 6.78. The molecule has 0 unspecified atom stereocenters. The van der Waals surface area contributed by atoms with Crippen molar-refractivity contribution >= 4 is 30.7 Å². The molecule has 1 aliphatic heterocycles. The van der Waals surface area contributed by atoms with Gasteiger partial charge in [0.2, 0.25) is 8.32 Å². The Balaban J connectivity index is 2.31. The number of methoxy groups -OCH3 is 2. The van der Waals surface area contributed by atoms with E-state index >= 15 is 4.79 Å². The molecule has 1 heterocycles. The highest BCUT2D eigenvalue weighted by Crippen LogP contribution is 2.48. The molecule has 0 amide bonds. The van der Waals surface area contributed by atoms with Gasteiger partial charge in [0.05, 0.1) is 58.5 Å². The third-order valence-corrected chi connectivity index (χ3v) is 33.6. The highest BCUT2D eigenvalue weighted by atomic mass is 28.4. The quantitative estimate of drug-likeness (QED) is 0.0548. The van der Waals surface area contributed by atoms with Gasteiger partial charge in [-0.25, -0.2) is 0 Å². The van der Waals surface area contributed by atoms with Crippen LogP contribution >= 0.6 is 0 Å². The average Bonchev–Trinajstić information content (AvgIpc) is 3.33. The Morgan fingerprint density at radius 3 is 1.59 bits per heavy atom. The van der Waals surface area contributed by atoms with Crippen LogP contribution in [0.2, 0.25) is 51.4 Å². The molecule has 0 aliphatic carbocycles. The first-order chi connectivity index (χ1) is 33.5. The molecule has 71 heavy (non-hydrogen) atoms. The lowest BCUT2D eigenvalue weighted by Gasteiger charge is -2.53. The van der Waals surface area contributed by atoms with Crippen LogP contribution in [0.5, 0.6) is 11.5 Å². The number of Topliss-reactive ketones (excluding diaryl/α,β-unsaturated/α-hetero) is 1. The summed E-state index contributed by atoms with van der Waals surface area (Å²) in [5.41, 5.74) is 3.73. The van der Waals surface area contributed by atoms with Gasteiger partial charge in [-0.15, -0.1) is 6.58 Å². The fraction of sp³-hybridized carbons (Fsp3) is 0.741. The van der Waals surface area contributed by atoms with E-state index in [-0.39, 0.29) is 60.0 Å². The zero-order chi connectivity index (χ0) is 53.4. The predicted molar refractivity (Wildman–Crippen MR) is 300 cm³/mol. The number of benzene rings is 2. The number of ketones is 1. The number of carbonyl (C=O) groups excluding carboxylic acids is 1. The standard InChI is InChI=1S/C58H102O10Si3/c1-21-25-26-53(67-69(22-2,23-3)24-4)45(17)51(59)35-52(60)57(63-36-47-27-31-49(61-19)32-28-47)55-46(18)56(68-71(42(11)12,43(13)14)44(15)16)58(64-37-48-29-33-50(62-20)34-30-48)54(66-55)38-65-70(39(5)6,40(7)8)41(9)10/h21,27-34,39-46,51,53-59H,1,22-26,35-38H2,2-20H3/t45-,46+,51-,53-,54-,55-,56-,57-,58-/m1/s1. The van der Waals surface area contributed by atoms with Crippen LogP contribution in [0.15, 0.2) is 61.2 Å². The zero-order valence-electron chi connectivity index (χ0n) is 48.0. The van der Waals surface area contributed by atoms with E-state index in [9.17, 15) is 5.11 Å². The van der Waals surface area contributed by atoms with E-state index in [1.54, 1.807) is 14.2 Å². The van der Waals surface area contributed by atoms with Crippen molar-refractivity contribution in [3.05, 3.63) is 72.3 Å². The molecule has 1 aliphatic rings. The summed E-state index contributed by atoms with van der Waals surface area (Å²) >= 11 is 0. The van der Waals surface area contributed by atoms with Crippen LogP contribution in [0.4, 0.5) is 0 Å². The SMILES string of the molecule is C=CCC[C@@H](O[Si](CC)(CC)CC)[C@H](C)[C@H](O)CC(=O)[C@@H](OCc1ccc(OC)cc1)[C@@H]1O[C@H](CO[Si](C(C)C)(C(C)C)C(C)C)[C@@H](OCc2ccc(OC)cc2)[C@H](O[Si](C(C)C)(C(C)C)C(C)C)[C@H]1C. The second-order valence-electron chi connectivity index (χ2n) is 22.6. The van der Waals surface area contributed by atoms with Crippen LogP contribution in [0.3, 0.4) is 0 Å². The van der Waals surface area contributed by atoms with Crippen molar-refractivity contribution in [3.63, 3.8) is 0 Å². The first-order valence-electron chi connectivity index (χ1n) is 27.4. The molecule has 1 N–H and O–H groups in total. The second kappa shape index (κ2) is 29.2. The molecule has 0 bridgehead atoms. The Morgan fingerprint density at radius 2 is 1.17 bits per heavy atom. The average molecular weight is 1040 g/mol. The molecule has 406 valence electrons. The third kappa shape index (κ3) is 15.7. The van der Waals surface area contributed by atoms with Crippen molar-refractivity contribution < 1.29 is 46.9 Å². The smallest absolute Gasteiger partial charge is 0.200 e. The van der Waals surface area contributed by atoms with Crippen molar-refractivity contribution in [1.82, 2.24) is 0 Å². The summed E-state index contributed by atoms with van der Waals surface area (Å²) in [5, 5.41) is 12.3. The summed E-state index contributed by atoms with van der Waals surface area (Å²) in [5.74, 6) is 0.614. The normalized spacial score (nSPS) is 21.1. The van der Waals surface area contributed by atoms with Gasteiger partial charge in [-0.05, 0) is 99.6 Å². The zero-order valence-corrected chi connectivity index (χ0v) is 51.0. The molecule has 0 spiro atoms. The number of carbonyl (C=O) groups is 1. The number of rotatable bonds is 33. The van der Waals surface area contributed by atoms with Gasteiger partial charge in [0, 0.05) is 18.3 Å². The van der Waals surface area contributed by atoms with Gasteiger partial charge < -0.3 is 42.1 Å². The Kier molecular flexibility index (Phi) is 26.0. The maximum atomic E-state index is 15.4.